The van der Waals surface area contributed by atoms with Crippen LogP contribution in [0, 0.1) is 11.8 Å². The number of nitrogens with zero attached hydrogens (tertiary/aromatic N) is 1. The second-order valence-corrected chi connectivity index (χ2v) is 7.05. The third kappa shape index (κ3) is 3.15. The average Bonchev–Trinajstić information content (AvgIpc) is 2.31. The first-order chi connectivity index (χ1) is 9.14. The smallest absolute Gasteiger partial charge is 0.248 e. The minimum atomic E-state index is -0.756. The van der Waals surface area contributed by atoms with Crippen LogP contribution in [0.3, 0.4) is 0 Å². The molecule has 4 nitrogen and oxygen atoms in total. The molecule has 1 aliphatic rings. The highest BCUT2D eigenvalue weighted by Gasteiger charge is 2.49. The van der Waals surface area contributed by atoms with E-state index in [9.17, 15) is 9.59 Å². The van der Waals surface area contributed by atoms with Gasteiger partial charge in [-0.25, -0.2) is 0 Å². The molecule has 0 aliphatic carbocycles. The molecule has 1 heterocycles. The molecule has 0 radical (unpaired) electrons. The van der Waals surface area contributed by atoms with Crippen molar-refractivity contribution in [2.45, 2.75) is 78.9 Å². The number of nitrogens with one attached hydrogen (secondary N) is 1. The van der Waals surface area contributed by atoms with Gasteiger partial charge in [-0.05, 0) is 38.5 Å². The van der Waals surface area contributed by atoms with Crippen LogP contribution in [0.4, 0.5) is 0 Å². The lowest BCUT2D eigenvalue weighted by Gasteiger charge is -2.48. The predicted octanol–water partition coefficient (Wildman–Crippen LogP) is 2.57. The Kier molecular flexibility index (Phi) is 5.22. The summed E-state index contributed by atoms with van der Waals surface area (Å²) in [6, 6.07) is -0.261. The van der Waals surface area contributed by atoms with E-state index in [-0.39, 0.29) is 29.8 Å². The molecule has 0 saturated carbocycles. The molecular formula is C16H30N2O2. The van der Waals surface area contributed by atoms with Crippen LogP contribution in [0.5, 0.6) is 0 Å². The zero-order chi connectivity index (χ0) is 15.7. The van der Waals surface area contributed by atoms with Crippen molar-refractivity contribution in [3.63, 3.8) is 0 Å². The molecular weight excluding hydrogens is 252 g/mol. The van der Waals surface area contributed by atoms with Gasteiger partial charge in [-0.2, -0.15) is 0 Å². The van der Waals surface area contributed by atoms with E-state index < -0.39 is 5.54 Å². The van der Waals surface area contributed by atoms with E-state index >= 15 is 0 Å². The zero-order valence-corrected chi connectivity index (χ0v) is 14.0. The zero-order valence-electron chi connectivity index (χ0n) is 14.0. The number of hydrogen-bond acceptors (Lipinski definition) is 2. The predicted molar refractivity (Wildman–Crippen MR) is 81.2 cm³/mol. The van der Waals surface area contributed by atoms with Crippen LogP contribution in [0.2, 0.25) is 0 Å². The van der Waals surface area contributed by atoms with Gasteiger partial charge in [-0.3, -0.25) is 9.59 Å². The van der Waals surface area contributed by atoms with Gasteiger partial charge in [0.1, 0.15) is 11.6 Å². The van der Waals surface area contributed by atoms with Crippen molar-refractivity contribution in [2.75, 3.05) is 0 Å². The molecule has 3 unspecified atom stereocenters. The lowest BCUT2D eigenvalue weighted by atomic mass is 9.86. The van der Waals surface area contributed by atoms with Crippen LogP contribution >= 0.6 is 0 Å². The van der Waals surface area contributed by atoms with E-state index in [1.165, 1.54) is 0 Å². The Morgan fingerprint density at radius 2 is 1.75 bits per heavy atom. The van der Waals surface area contributed by atoms with Crippen LogP contribution in [0.1, 0.15) is 61.3 Å². The van der Waals surface area contributed by atoms with Crippen LogP contribution < -0.4 is 5.32 Å². The molecule has 1 fully saturated rings. The monoisotopic (exact) mass is 282 g/mol. The third-order valence-electron chi connectivity index (χ3n) is 4.30. The van der Waals surface area contributed by atoms with Crippen molar-refractivity contribution in [1.29, 1.82) is 0 Å². The lowest BCUT2D eigenvalue weighted by molar-refractivity contribution is -0.159. The molecule has 2 amide bonds. The number of carbonyl (C=O) groups excluding carboxylic acids is 2. The highest BCUT2D eigenvalue weighted by molar-refractivity contribution is 5.99. The number of amides is 2. The summed E-state index contributed by atoms with van der Waals surface area (Å²) in [6.07, 6.45) is 1.54. The van der Waals surface area contributed by atoms with Gasteiger partial charge in [-0.1, -0.05) is 34.6 Å². The van der Waals surface area contributed by atoms with Gasteiger partial charge in [0.15, 0.2) is 0 Å². The van der Waals surface area contributed by atoms with Crippen molar-refractivity contribution in [2.24, 2.45) is 11.8 Å². The Bertz CT molecular complexity index is 379. The first-order valence-corrected chi connectivity index (χ1v) is 7.78. The van der Waals surface area contributed by atoms with Gasteiger partial charge in [0, 0.05) is 6.04 Å². The van der Waals surface area contributed by atoms with Crippen LogP contribution in [0.15, 0.2) is 0 Å². The number of piperazine rings is 1. The highest BCUT2D eigenvalue weighted by Crippen LogP contribution is 2.28. The molecule has 3 atom stereocenters. The van der Waals surface area contributed by atoms with Gasteiger partial charge >= 0.3 is 0 Å². The molecule has 1 N–H and O–H groups in total. The van der Waals surface area contributed by atoms with Crippen LogP contribution in [-0.2, 0) is 9.59 Å². The molecule has 116 valence electrons. The summed E-state index contributed by atoms with van der Waals surface area (Å²) >= 11 is 0. The van der Waals surface area contributed by atoms with E-state index in [0.29, 0.717) is 12.3 Å². The fraction of sp³-hybridized carbons (Fsp3) is 0.875. The summed E-state index contributed by atoms with van der Waals surface area (Å²) < 4.78 is 0. The summed E-state index contributed by atoms with van der Waals surface area (Å²) in [7, 11) is 0. The Morgan fingerprint density at radius 1 is 1.20 bits per heavy atom. The van der Waals surface area contributed by atoms with E-state index in [0.717, 1.165) is 6.42 Å². The van der Waals surface area contributed by atoms with Gasteiger partial charge in [-0.15, -0.1) is 0 Å². The van der Waals surface area contributed by atoms with Gasteiger partial charge < -0.3 is 10.2 Å². The maximum Gasteiger partial charge on any atom is 0.248 e. The van der Waals surface area contributed by atoms with Gasteiger partial charge in [0.05, 0.1) is 0 Å². The normalized spacial score (nSPS) is 29.1. The minimum absolute atomic E-state index is 0.0143. The Morgan fingerprint density at radius 3 is 2.15 bits per heavy atom. The number of rotatable bonds is 5. The van der Waals surface area contributed by atoms with Crippen molar-refractivity contribution < 1.29 is 9.59 Å². The maximum absolute atomic E-state index is 12.9. The Labute approximate surface area is 123 Å². The van der Waals surface area contributed by atoms with E-state index in [2.05, 4.69) is 26.1 Å². The molecule has 20 heavy (non-hydrogen) atoms. The molecule has 1 saturated heterocycles. The summed E-state index contributed by atoms with van der Waals surface area (Å²) in [4.78, 5) is 27.2. The molecule has 1 rings (SSSR count). The van der Waals surface area contributed by atoms with E-state index in [4.69, 9.17) is 0 Å². The van der Waals surface area contributed by atoms with Crippen molar-refractivity contribution >= 4 is 11.8 Å². The lowest BCUT2D eigenvalue weighted by Crippen LogP contribution is -2.71. The van der Waals surface area contributed by atoms with Crippen LogP contribution in [-0.4, -0.2) is 34.3 Å². The number of hydrogen-bond donors (Lipinski definition) is 1. The molecule has 4 heteroatoms. The van der Waals surface area contributed by atoms with E-state index in [1.54, 1.807) is 0 Å². The molecule has 0 aromatic carbocycles. The summed E-state index contributed by atoms with van der Waals surface area (Å²) in [6.45, 7) is 14.1. The minimum Gasteiger partial charge on any atom is -0.340 e. The van der Waals surface area contributed by atoms with Crippen molar-refractivity contribution in [1.82, 2.24) is 10.2 Å². The van der Waals surface area contributed by atoms with E-state index in [1.807, 2.05) is 32.6 Å². The standard InChI is InChI=1S/C16H30N2O2/c1-8-16(7)15(20)18(12(6)9-10(2)3)13(11(4)5)14(19)17-16/h10-13H,8-9H2,1-7H3,(H,17,19). The Hall–Kier alpha value is -1.06. The molecule has 0 bridgehead atoms. The topological polar surface area (TPSA) is 49.4 Å². The molecule has 0 spiro atoms. The first kappa shape index (κ1) is 17.0. The summed E-state index contributed by atoms with van der Waals surface area (Å²) in [5.74, 6) is 0.671. The second kappa shape index (κ2) is 6.15. The van der Waals surface area contributed by atoms with Crippen LogP contribution in [0.25, 0.3) is 0 Å². The fourth-order valence-corrected chi connectivity index (χ4v) is 3.07. The van der Waals surface area contributed by atoms with Gasteiger partial charge in [0.2, 0.25) is 11.8 Å². The Balaban J connectivity index is 3.14. The highest BCUT2D eigenvalue weighted by atomic mass is 16.2. The molecule has 0 aromatic heterocycles. The summed E-state index contributed by atoms with van der Waals surface area (Å²) in [5.41, 5.74) is -0.756. The molecule has 0 aromatic rings. The fourth-order valence-electron chi connectivity index (χ4n) is 3.07. The quantitative estimate of drug-likeness (QED) is 0.842. The average molecular weight is 282 g/mol. The summed E-state index contributed by atoms with van der Waals surface area (Å²) in [5, 5.41) is 2.93. The third-order valence-corrected chi connectivity index (χ3v) is 4.30. The largest absolute Gasteiger partial charge is 0.340 e. The van der Waals surface area contributed by atoms with Gasteiger partial charge in [0.25, 0.3) is 0 Å². The van der Waals surface area contributed by atoms with Crippen molar-refractivity contribution in [3.8, 4) is 0 Å². The first-order valence-electron chi connectivity index (χ1n) is 7.78. The van der Waals surface area contributed by atoms with Crippen molar-refractivity contribution in [3.05, 3.63) is 0 Å². The number of carbonyl (C=O) groups is 2. The second-order valence-electron chi connectivity index (χ2n) is 7.05. The molecule has 1 aliphatic heterocycles. The maximum atomic E-state index is 12.9. The SMILES string of the molecule is CCC1(C)NC(=O)C(C(C)C)N(C(C)CC(C)C)C1=O.